The monoisotopic (exact) mass is 275 g/mol. The van der Waals surface area contributed by atoms with Crippen LogP contribution in [0, 0.1) is 0 Å². The Bertz CT molecular complexity index is 502. The molecule has 1 heterocycles. The van der Waals surface area contributed by atoms with Gasteiger partial charge in [0.05, 0.1) is 6.33 Å². The number of rotatable bonds is 6. The molecule has 19 heavy (non-hydrogen) atoms. The lowest BCUT2D eigenvalue weighted by Crippen LogP contribution is -2.21. The summed E-state index contributed by atoms with van der Waals surface area (Å²) >= 11 is 1.84. The zero-order valence-electron chi connectivity index (χ0n) is 11.8. The third kappa shape index (κ3) is 4.40. The van der Waals surface area contributed by atoms with E-state index in [1.165, 1.54) is 16.2 Å². The third-order valence-corrected chi connectivity index (χ3v) is 3.99. The van der Waals surface area contributed by atoms with E-state index in [0.29, 0.717) is 6.04 Å². The van der Waals surface area contributed by atoms with Gasteiger partial charge in [-0.3, -0.25) is 0 Å². The zero-order chi connectivity index (χ0) is 13.7. The molecule has 1 aromatic heterocycles. The van der Waals surface area contributed by atoms with Crippen LogP contribution in [-0.2, 0) is 19.3 Å². The van der Waals surface area contributed by atoms with Crippen molar-refractivity contribution in [3.8, 4) is 0 Å². The molecule has 0 aliphatic carbocycles. The summed E-state index contributed by atoms with van der Waals surface area (Å²) in [6.07, 6.45) is 3.77. The molecule has 4 heteroatoms. The van der Waals surface area contributed by atoms with Gasteiger partial charge in [-0.15, -0.1) is 11.8 Å². The van der Waals surface area contributed by atoms with Gasteiger partial charge < -0.3 is 9.88 Å². The molecule has 0 aliphatic heterocycles. The maximum Gasteiger partial charge on any atom is 0.0945 e. The molecule has 0 amide bonds. The van der Waals surface area contributed by atoms with Crippen LogP contribution in [0.3, 0.4) is 0 Å². The number of imidazole rings is 1. The predicted molar refractivity (Wildman–Crippen MR) is 81.2 cm³/mol. The van der Waals surface area contributed by atoms with Gasteiger partial charge in [-0.05, 0) is 17.7 Å². The Hall–Kier alpha value is -1.26. The van der Waals surface area contributed by atoms with E-state index >= 15 is 0 Å². The average molecular weight is 275 g/mol. The number of hydrogen-bond acceptors (Lipinski definition) is 3. The quantitative estimate of drug-likeness (QED) is 0.821. The summed E-state index contributed by atoms with van der Waals surface area (Å²) in [6, 6.07) is 9.30. The number of aryl methyl sites for hydroxylation is 1. The van der Waals surface area contributed by atoms with Crippen LogP contribution in [0.4, 0.5) is 0 Å². The first kappa shape index (κ1) is 14.2. The highest BCUT2D eigenvalue weighted by Gasteiger charge is 2.01. The van der Waals surface area contributed by atoms with Crippen LogP contribution in [0.5, 0.6) is 0 Å². The van der Waals surface area contributed by atoms with Crippen molar-refractivity contribution in [3.05, 3.63) is 48.0 Å². The second-order valence-corrected chi connectivity index (χ2v) is 6.01. The van der Waals surface area contributed by atoms with E-state index in [9.17, 15) is 0 Å². The van der Waals surface area contributed by atoms with Crippen LogP contribution in [0.2, 0.25) is 0 Å². The molecule has 0 fully saturated rings. The molecular formula is C15H21N3S. The minimum atomic E-state index is 0.527. The SMILES string of the molecule is CC(C)NCc1ccc(SCc2cncn2C)cc1. The van der Waals surface area contributed by atoms with Crippen molar-refractivity contribution in [1.82, 2.24) is 14.9 Å². The smallest absolute Gasteiger partial charge is 0.0945 e. The van der Waals surface area contributed by atoms with Gasteiger partial charge in [-0.1, -0.05) is 26.0 Å². The Morgan fingerprint density at radius 1 is 1.26 bits per heavy atom. The number of nitrogens with one attached hydrogen (secondary N) is 1. The summed E-state index contributed by atoms with van der Waals surface area (Å²) in [5.74, 6) is 0.958. The minimum absolute atomic E-state index is 0.527. The largest absolute Gasteiger partial charge is 0.337 e. The van der Waals surface area contributed by atoms with E-state index in [0.717, 1.165) is 12.3 Å². The Morgan fingerprint density at radius 3 is 2.58 bits per heavy atom. The van der Waals surface area contributed by atoms with Crippen molar-refractivity contribution in [2.45, 2.75) is 37.1 Å². The predicted octanol–water partition coefficient (Wildman–Crippen LogP) is 3.21. The Balaban J connectivity index is 1.86. The normalized spacial score (nSPS) is 11.2. The molecule has 1 aromatic carbocycles. The maximum absolute atomic E-state index is 4.13. The lowest BCUT2D eigenvalue weighted by atomic mass is 10.2. The fourth-order valence-electron chi connectivity index (χ4n) is 1.71. The highest BCUT2D eigenvalue weighted by molar-refractivity contribution is 7.98. The average Bonchev–Trinajstić information content (AvgIpc) is 2.81. The highest BCUT2D eigenvalue weighted by atomic mass is 32.2. The maximum atomic E-state index is 4.13. The molecule has 102 valence electrons. The van der Waals surface area contributed by atoms with Crippen LogP contribution >= 0.6 is 11.8 Å². The number of aromatic nitrogens is 2. The van der Waals surface area contributed by atoms with Crippen LogP contribution in [-0.4, -0.2) is 15.6 Å². The van der Waals surface area contributed by atoms with Crippen LogP contribution in [0.25, 0.3) is 0 Å². The van der Waals surface area contributed by atoms with Gasteiger partial charge in [-0.2, -0.15) is 0 Å². The molecule has 2 aromatic rings. The first-order valence-electron chi connectivity index (χ1n) is 6.55. The fraction of sp³-hybridized carbons (Fsp3) is 0.400. The number of hydrogen-bond donors (Lipinski definition) is 1. The molecule has 1 N–H and O–H groups in total. The van der Waals surface area contributed by atoms with E-state index in [1.807, 2.05) is 31.3 Å². The third-order valence-electron chi connectivity index (χ3n) is 2.94. The summed E-state index contributed by atoms with van der Waals surface area (Å²) in [4.78, 5) is 5.43. The minimum Gasteiger partial charge on any atom is -0.337 e. The standard InChI is InChI=1S/C15H21N3S/c1-12(2)17-8-13-4-6-15(7-5-13)19-10-14-9-16-11-18(14)3/h4-7,9,11-12,17H,8,10H2,1-3H3. The van der Waals surface area contributed by atoms with E-state index in [-0.39, 0.29) is 0 Å². The topological polar surface area (TPSA) is 29.9 Å². The van der Waals surface area contributed by atoms with Gasteiger partial charge in [0, 0.05) is 42.2 Å². The first-order valence-corrected chi connectivity index (χ1v) is 7.54. The second-order valence-electron chi connectivity index (χ2n) is 4.96. The zero-order valence-corrected chi connectivity index (χ0v) is 12.6. The molecule has 0 aliphatic rings. The van der Waals surface area contributed by atoms with Gasteiger partial charge in [-0.25, -0.2) is 4.98 Å². The van der Waals surface area contributed by atoms with Gasteiger partial charge in [0.15, 0.2) is 0 Å². The lowest BCUT2D eigenvalue weighted by molar-refractivity contribution is 0.588. The van der Waals surface area contributed by atoms with Crippen molar-refractivity contribution in [2.75, 3.05) is 0 Å². The second kappa shape index (κ2) is 6.78. The van der Waals surface area contributed by atoms with E-state index in [1.54, 1.807) is 0 Å². The van der Waals surface area contributed by atoms with E-state index < -0.39 is 0 Å². The van der Waals surface area contributed by atoms with E-state index in [4.69, 9.17) is 0 Å². The molecule has 0 radical (unpaired) electrons. The number of nitrogens with zero attached hydrogens (tertiary/aromatic N) is 2. The summed E-state index contributed by atoms with van der Waals surface area (Å²) in [7, 11) is 2.03. The van der Waals surface area contributed by atoms with Crippen LogP contribution in [0.1, 0.15) is 25.1 Å². The molecule has 2 rings (SSSR count). The van der Waals surface area contributed by atoms with Gasteiger partial charge in [0.1, 0.15) is 0 Å². The van der Waals surface area contributed by atoms with Gasteiger partial charge in [0.25, 0.3) is 0 Å². The Kier molecular flexibility index (Phi) is 5.05. The molecule has 0 unspecified atom stereocenters. The molecule has 0 saturated carbocycles. The summed E-state index contributed by atoms with van der Waals surface area (Å²) < 4.78 is 2.06. The molecule has 0 atom stereocenters. The van der Waals surface area contributed by atoms with Crippen molar-refractivity contribution in [2.24, 2.45) is 7.05 Å². The molecule has 0 bridgehead atoms. The molecule has 0 saturated heterocycles. The van der Waals surface area contributed by atoms with Crippen molar-refractivity contribution in [3.63, 3.8) is 0 Å². The van der Waals surface area contributed by atoms with E-state index in [2.05, 4.69) is 53.0 Å². The summed E-state index contributed by atoms with van der Waals surface area (Å²) in [6.45, 7) is 5.26. The number of benzene rings is 1. The fourth-order valence-corrected chi connectivity index (χ4v) is 2.63. The summed E-state index contributed by atoms with van der Waals surface area (Å²) in [5, 5.41) is 3.42. The van der Waals surface area contributed by atoms with Gasteiger partial charge >= 0.3 is 0 Å². The molecule has 0 spiro atoms. The summed E-state index contributed by atoms with van der Waals surface area (Å²) in [5.41, 5.74) is 2.58. The van der Waals surface area contributed by atoms with Crippen molar-refractivity contribution < 1.29 is 0 Å². The Morgan fingerprint density at radius 2 is 2.00 bits per heavy atom. The molecular weight excluding hydrogens is 254 g/mol. The van der Waals surface area contributed by atoms with Crippen molar-refractivity contribution >= 4 is 11.8 Å². The number of thioether (sulfide) groups is 1. The van der Waals surface area contributed by atoms with Crippen LogP contribution in [0.15, 0.2) is 41.7 Å². The van der Waals surface area contributed by atoms with Crippen LogP contribution < -0.4 is 5.32 Å². The highest BCUT2D eigenvalue weighted by Crippen LogP contribution is 2.22. The molecule has 3 nitrogen and oxygen atoms in total. The Labute approximate surface area is 119 Å². The van der Waals surface area contributed by atoms with Crippen molar-refractivity contribution in [1.29, 1.82) is 0 Å². The van der Waals surface area contributed by atoms with Gasteiger partial charge in [0.2, 0.25) is 0 Å². The first-order chi connectivity index (χ1) is 9.15. The lowest BCUT2D eigenvalue weighted by Gasteiger charge is -2.08.